The number of nitrogens with one attached hydrogen (secondary N) is 1. The van der Waals surface area contributed by atoms with E-state index in [4.69, 9.17) is 4.42 Å². The summed E-state index contributed by atoms with van der Waals surface area (Å²) in [6.07, 6.45) is 4.81. The van der Waals surface area contributed by atoms with Crippen LogP contribution in [0.15, 0.2) is 53.1 Å². The first-order valence-electron chi connectivity index (χ1n) is 9.37. The largest absolute Gasteiger partial charge is 0.437 e. The molecule has 0 aliphatic carbocycles. The van der Waals surface area contributed by atoms with E-state index in [0.29, 0.717) is 18.0 Å². The standard InChI is InChI=1S/C21H23N5O2/c1-25-10-12-26(13-11-25)19-14-16(8-9-22-19)15-23-20(27)6-7-21-24-17-4-2-3-5-18(17)28-21/h2-9,14H,10-13,15H2,1H3,(H,23,27)/b7-6-. The van der Waals surface area contributed by atoms with Crippen LogP contribution in [0.5, 0.6) is 0 Å². The minimum absolute atomic E-state index is 0.194. The van der Waals surface area contributed by atoms with Gasteiger partial charge in [-0.25, -0.2) is 9.97 Å². The molecule has 1 aliphatic rings. The number of para-hydroxylation sites is 2. The predicted molar refractivity (Wildman–Crippen MR) is 109 cm³/mol. The lowest BCUT2D eigenvalue weighted by Crippen LogP contribution is -2.44. The molecule has 144 valence electrons. The lowest BCUT2D eigenvalue weighted by Gasteiger charge is -2.33. The maximum Gasteiger partial charge on any atom is 0.244 e. The molecule has 0 unspecified atom stereocenters. The Morgan fingerprint density at radius 2 is 2.04 bits per heavy atom. The Bertz CT molecular complexity index is 956. The van der Waals surface area contributed by atoms with Gasteiger partial charge in [-0.1, -0.05) is 12.1 Å². The molecule has 1 saturated heterocycles. The number of piperazine rings is 1. The zero-order valence-corrected chi connectivity index (χ0v) is 15.8. The lowest BCUT2D eigenvalue weighted by atomic mass is 10.2. The SMILES string of the molecule is CN1CCN(c2cc(CNC(=O)/C=C\c3nc4ccccc4o3)ccn2)CC1. The van der Waals surface area contributed by atoms with Crippen molar-refractivity contribution in [3.63, 3.8) is 0 Å². The number of carbonyl (C=O) groups excluding carboxylic acids is 1. The number of hydrogen-bond donors (Lipinski definition) is 1. The Balaban J connectivity index is 1.33. The summed E-state index contributed by atoms with van der Waals surface area (Å²) in [4.78, 5) is 25.5. The average molecular weight is 377 g/mol. The molecular formula is C21H23N5O2. The van der Waals surface area contributed by atoms with Gasteiger partial charge in [0.25, 0.3) is 0 Å². The fraction of sp³-hybridized carbons (Fsp3) is 0.286. The molecule has 3 heterocycles. The summed E-state index contributed by atoms with van der Waals surface area (Å²) >= 11 is 0. The Morgan fingerprint density at radius 1 is 1.21 bits per heavy atom. The van der Waals surface area contributed by atoms with Gasteiger partial charge in [-0.05, 0) is 36.9 Å². The van der Waals surface area contributed by atoms with Gasteiger partial charge in [0.1, 0.15) is 11.3 Å². The van der Waals surface area contributed by atoms with Gasteiger partial charge in [-0.15, -0.1) is 0 Å². The van der Waals surface area contributed by atoms with Gasteiger partial charge in [-0.3, -0.25) is 4.79 Å². The fourth-order valence-corrected chi connectivity index (χ4v) is 3.14. The number of anilines is 1. The number of fused-ring (bicyclic) bond motifs is 1. The summed E-state index contributed by atoms with van der Waals surface area (Å²) in [5.41, 5.74) is 2.50. The number of oxazole rings is 1. The molecule has 1 amide bonds. The Labute approximate surface area is 163 Å². The van der Waals surface area contributed by atoms with Crippen molar-refractivity contribution in [2.45, 2.75) is 6.54 Å². The van der Waals surface area contributed by atoms with Crippen LogP contribution in [-0.4, -0.2) is 54.0 Å². The number of hydrogen-bond acceptors (Lipinski definition) is 6. The van der Waals surface area contributed by atoms with Crippen LogP contribution < -0.4 is 10.2 Å². The topological polar surface area (TPSA) is 74.5 Å². The van der Waals surface area contributed by atoms with E-state index >= 15 is 0 Å². The highest BCUT2D eigenvalue weighted by atomic mass is 16.3. The monoisotopic (exact) mass is 377 g/mol. The molecule has 1 fully saturated rings. The zero-order valence-electron chi connectivity index (χ0n) is 15.8. The van der Waals surface area contributed by atoms with Crippen molar-refractivity contribution in [3.8, 4) is 0 Å². The summed E-state index contributed by atoms with van der Waals surface area (Å²) in [6, 6.07) is 11.5. The van der Waals surface area contributed by atoms with Crippen molar-refractivity contribution in [2.24, 2.45) is 0 Å². The summed E-state index contributed by atoms with van der Waals surface area (Å²) in [5, 5.41) is 2.89. The maximum atomic E-state index is 12.1. The molecule has 7 nitrogen and oxygen atoms in total. The van der Waals surface area contributed by atoms with Crippen LogP contribution >= 0.6 is 0 Å². The van der Waals surface area contributed by atoms with E-state index in [-0.39, 0.29) is 5.91 Å². The first-order valence-corrected chi connectivity index (χ1v) is 9.37. The number of likely N-dealkylation sites (N-methyl/N-ethyl adjacent to an activating group) is 1. The van der Waals surface area contributed by atoms with Crippen molar-refractivity contribution >= 4 is 28.9 Å². The lowest BCUT2D eigenvalue weighted by molar-refractivity contribution is -0.116. The number of rotatable bonds is 5. The molecule has 0 spiro atoms. The number of nitrogens with zero attached hydrogens (tertiary/aromatic N) is 4. The third-order valence-electron chi connectivity index (χ3n) is 4.79. The minimum atomic E-state index is -0.194. The molecule has 0 bridgehead atoms. The molecule has 1 aromatic carbocycles. The second-order valence-corrected chi connectivity index (χ2v) is 6.88. The van der Waals surface area contributed by atoms with Gasteiger partial charge in [0.2, 0.25) is 11.8 Å². The quantitative estimate of drug-likeness (QED) is 0.688. The molecule has 0 radical (unpaired) electrons. The van der Waals surface area contributed by atoms with Crippen LogP contribution in [-0.2, 0) is 11.3 Å². The molecule has 3 aromatic rings. The molecule has 0 atom stereocenters. The summed E-state index contributed by atoms with van der Waals surface area (Å²) in [6.45, 7) is 4.44. The molecular weight excluding hydrogens is 354 g/mol. The van der Waals surface area contributed by atoms with Gasteiger partial charge in [0.15, 0.2) is 5.58 Å². The highest BCUT2D eigenvalue weighted by Crippen LogP contribution is 2.16. The van der Waals surface area contributed by atoms with Crippen LogP contribution in [0.3, 0.4) is 0 Å². The third-order valence-corrected chi connectivity index (χ3v) is 4.79. The Morgan fingerprint density at radius 3 is 2.86 bits per heavy atom. The van der Waals surface area contributed by atoms with E-state index in [1.165, 1.54) is 6.08 Å². The number of carbonyl (C=O) groups is 1. The van der Waals surface area contributed by atoms with Gasteiger partial charge in [-0.2, -0.15) is 0 Å². The molecule has 28 heavy (non-hydrogen) atoms. The fourth-order valence-electron chi connectivity index (χ4n) is 3.14. The van der Waals surface area contributed by atoms with Crippen LogP contribution in [0.2, 0.25) is 0 Å². The maximum absolute atomic E-state index is 12.1. The second kappa shape index (κ2) is 8.22. The van der Waals surface area contributed by atoms with Gasteiger partial charge in [0.05, 0.1) is 0 Å². The zero-order chi connectivity index (χ0) is 19.3. The summed E-state index contributed by atoms with van der Waals surface area (Å²) in [7, 11) is 2.13. The van der Waals surface area contributed by atoms with E-state index < -0.39 is 0 Å². The van der Waals surface area contributed by atoms with E-state index in [0.717, 1.165) is 43.1 Å². The average Bonchev–Trinajstić information content (AvgIpc) is 3.14. The molecule has 0 saturated carbocycles. The molecule has 1 aliphatic heterocycles. The summed E-state index contributed by atoms with van der Waals surface area (Å²) < 4.78 is 5.58. The van der Waals surface area contributed by atoms with Crippen molar-refractivity contribution in [3.05, 3.63) is 60.1 Å². The molecule has 4 rings (SSSR count). The number of aromatic nitrogens is 2. The smallest absolute Gasteiger partial charge is 0.244 e. The third kappa shape index (κ3) is 4.37. The highest BCUT2D eigenvalue weighted by molar-refractivity contribution is 5.91. The summed E-state index contributed by atoms with van der Waals surface area (Å²) in [5.74, 6) is 1.18. The van der Waals surface area contributed by atoms with Crippen molar-refractivity contribution in [1.82, 2.24) is 20.2 Å². The van der Waals surface area contributed by atoms with E-state index in [1.54, 1.807) is 12.3 Å². The highest BCUT2D eigenvalue weighted by Gasteiger charge is 2.15. The molecule has 1 N–H and O–H groups in total. The van der Waals surface area contributed by atoms with Crippen LogP contribution in [0.1, 0.15) is 11.5 Å². The first kappa shape index (κ1) is 18.2. The Kier molecular flexibility index (Phi) is 5.34. The molecule has 2 aromatic heterocycles. The molecule has 7 heteroatoms. The van der Waals surface area contributed by atoms with Crippen LogP contribution in [0.4, 0.5) is 5.82 Å². The Hall–Kier alpha value is -3.19. The normalized spacial score (nSPS) is 15.4. The number of amides is 1. The van der Waals surface area contributed by atoms with Gasteiger partial charge in [0, 0.05) is 51.1 Å². The minimum Gasteiger partial charge on any atom is -0.437 e. The number of benzene rings is 1. The van der Waals surface area contributed by atoms with E-state index in [1.807, 2.05) is 36.4 Å². The second-order valence-electron chi connectivity index (χ2n) is 6.88. The van der Waals surface area contributed by atoms with Crippen molar-refractivity contribution in [2.75, 3.05) is 38.1 Å². The first-order chi connectivity index (χ1) is 13.7. The van der Waals surface area contributed by atoms with Crippen molar-refractivity contribution < 1.29 is 9.21 Å². The number of pyridine rings is 1. The van der Waals surface area contributed by atoms with Crippen LogP contribution in [0, 0.1) is 0 Å². The van der Waals surface area contributed by atoms with Crippen LogP contribution in [0.25, 0.3) is 17.2 Å². The van der Waals surface area contributed by atoms with E-state index in [9.17, 15) is 4.79 Å². The predicted octanol–water partition coefficient (Wildman–Crippen LogP) is 2.30. The van der Waals surface area contributed by atoms with E-state index in [2.05, 4.69) is 32.1 Å². The van der Waals surface area contributed by atoms with Gasteiger partial charge >= 0.3 is 0 Å². The van der Waals surface area contributed by atoms with Crippen molar-refractivity contribution in [1.29, 1.82) is 0 Å². The van der Waals surface area contributed by atoms with Gasteiger partial charge < -0.3 is 19.5 Å².